The molecule has 2 heterocycles. The lowest BCUT2D eigenvalue weighted by Gasteiger charge is -2.15. The maximum atomic E-state index is 9.06. The van der Waals surface area contributed by atoms with Gasteiger partial charge in [-0.05, 0) is 80.1 Å². The number of carbonyl (C=O) groups excluding carboxylic acids is 1. The maximum absolute atomic E-state index is 9.06. The van der Waals surface area contributed by atoms with E-state index in [0.717, 1.165) is 49.8 Å². The van der Waals surface area contributed by atoms with Crippen LogP contribution in [0.1, 0.15) is 28.7 Å². The highest BCUT2D eigenvalue weighted by molar-refractivity contribution is 5.62. The van der Waals surface area contributed by atoms with Crippen molar-refractivity contribution < 1.29 is 19.0 Å². The first-order valence-electron chi connectivity index (χ1n) is 13.5. The van der Waals surface area contributed by atoms with E-state index in [1.807, 2.05) is 30.5 Å². The van der Waals surface area contributed by atoms with Crippen LogP contribution in [0.4, 0.5) is 0 Å². The minimum Gasteiger partial charge on any atom is -0.497 e. The molecule has 3 aromatic carbocycles. The molecule has 0 spiro atoms. The van der Waals surface area contributed by atoms with Crippen molar-refractivity contribution in [2.45, 2.75) is 33.2 Å². The zero-order valence-electron chi connectivity index (χ0n) is 24.2. The number of methoxy groups -OCH3 is 2. The number of ether oxygens (including phenoxy) is 3. The Bertz CT molecular complexity index is 1290. The first-order chi connectivity index (χ1) is 19.5. The van der Waals surface area contributed by atoms with Crippen LogP contribution in [-0.4, -0.2) is 50.7 Å². The molecular weight excluding hydrogens is 502 g/mol. The van der Waals surface area contributed by atoms with Crippen molar-refractivity contribution in [3.63, 3.8) is 0 Å². The van der Waals surface area contributed by atoms with E-state index in [2.05, 4.69) is 77.5 Å². The van der Waals surface area contributed by atoms with Gasteiger partial charge in [-0.25, -0.2) is 0 Å². The third-order valence-electron chi connectivity index (χ3n) is 6.65. The number of nitrogens with one attached hydrogen (secondary N) is 1. The molecule has 0 aliphatic carbocycles. The van der Waals surface area contributed by atoms with Crippen LogP contribution < -0.4 is 14.8 Å². The van der Waals surface area contributed by atoms with E-state index in [9.17, 15) is 0 Å². The molecule has 212 valence electrons. The Hall–Kier alpha value is -4.10. The predicted octanol–water partition coefficient (Wildman–Crippen LogP) is 5.86. The number of hydrogen-bond donors (Lipinski definition) is 1. The highest BCUT2D eigenvalue weighted by Crippen LogP contribution is 2.30. The number of benzene rings is 3. The van der Waals surface area contributed by atoms with Gasteiger partial charge in [0.25, 0.3) is 0 Å². The average Bonchev–Trinajstić information content (AvgIpc) is 3.67. The van der Waals surface area contributed by atoms with Crippen LogP contribution in [0, 0.1) is 19.8 Å². The Morgan fingerprint density at radius 3 is 2.23 bits per heavy atom. The van der Waals surface area contributed by atoms with Gasteiger partial charge in [0, 0.05) is 32.0 Å². The van der Waals surface area contributed by atoms with Gasteiger partial charge < -0.3 is 19.5 Å². The van der Waals surface area contributed by atoms with E-state index < -0.39 is 0 Å². The first-order valence-corrected chi connectivity index (χ1v) is 13.5. The largest absolute Gasteiger partial charge is 0.497 e. The third-order valence-corrected chi connectivity index (χ3v) is 6.65. The van der Waals surface area contributed by atoms with E-state index in [1.165, 1.54) is 27.8 Å². The monoisotopic (exact) mass is 543 g/mol. The molecule has 0 radical (unpaired) electrons. The van der Waals surface area contributed by atoms with Crippen molar-refractivity contribution >= 4 is 6.41 Å². The molecule has 1 amide bonds. The fourth-order valence-corrected chi connectivity index (χ4v) is 4.40. The second-order valence-electron chi connectivity index (χ2n) is 9.74. The summed E-state index contributed by atoms with van der Waals surface area (Å²) >= 11 is 0. The Morgan fingerprint density at radius 2 is 1.65 bits per heavy atom. The second kappa shape index (κ2) is 16.1. The zero-order chi connectivity index (χ0) is 28.7. The van der Waals surface area contributed by atoms with Gasteiger partial charge in [0.05, 0.1) is 26.5 Å². The molecule has 0 saturated carbocycles. The number of rotatable bonds is 8. The van der Waals surface area contributed by atoms with Gasteiger partial charge in [0.15, 0.2) is 0 Å². The molecule has 1 saturated heterocycles. The molecule has 1 aromatic heterocycles. The SMILES string of the molecule is CNC=O.COc1ccc(-c2ccnn2Cc2ccc(C)cc2)cc1CC1CCOC1.COc1ccc(C)cc1. The summed E-state index contributed by atoms with van der Waals surface area (Å²) < 4.78 is 18.2. The quantitative estimate of drug-likeness (QED) is 0.282. The lowest BCUT2D eigenvalue weighted by molar-refractivity contribution is -0.109. The summed E-state index contributed by atoms with van der Waals surface area (Å²) in [6.07, 6.45) is 4.61. The van der Waals surface area contributed by atoms with Crippen molar-refractivity contribution in [3.8, 4) is 22.8 Å². The zero-order valence-corrected chi connectivity index (χ0v) is 24.2. The molecule has 7 heteroatoms. The maximum Gasteiger partial charge on any atom is 0.206 e. The smallest absolute Gasteiger partial charge is 0.206 e. The van der Waals surface area contributed by atoms with E-state index in [4.69, 9.17) is 19.0 Å². The lowest BCUT2D eigenvalue weighted by Crippen LogP contribution is -2.06. The summed E-state index contributed by atoms with van der Waals surface area (Å²) in [4.78, 5) is 9.06. The third kappa shape index (κ3) is 9.27. The van der Waals surface area contributed by atoms with Gasteiger partial charge in [0.2, 0.25) is 6.41 Å². The second-order valence-corrected chi connectivity index (χ2v) is 9.74. The molecule has 1 unspecified atom stereocenters. The summed E-state index contributed by atoms with van der Waals surface area (Å²) in [7, 11) is 4.98. The predicted molar refractivity (Wildman–Crippen MR) is 160 cm³/mol. The minimum absolute atomic E-state index is 0.576. The molecule has 1 atom stereocenters. The van der Waals surface area contributed by atoms with Crippen LogP contribution in [-0.2, 0) is 22.5 Å². The van der Waals surface area contributed by atoms with Gasteiger partial charge in [-0.2, -0.15) is 5.10 Å². The lowest BCUT2D eigenvalue weighted by atomic mass is 9.96. The minimum atomic E-state index is 0.576. The molecule has 1 N–H and O–H groups in total. The standard InChI is InChI=1S/C23H26N2O2.C8H10O.C2H5NO/c1-17-3-5-18(6-4-17)15-25-22(9-11-24-25)20-7-8-23(26-2)21(14-20)13-19-10-12-27-16-19;1-7-3-5-8(9-2)6-4-7;1-3-2-4/h3-9,11,14,19H,10,12-13,15-16H2,1-2H3;3-6H,1-2H3;2H,1H3,(H,3,4). The molecule has 7 nitrogen and oxygen atoms in total. The number of amides is 1. The van der Waals surface area contributed by atoms with Gasteiger partial charge in [-0.1, -0.05) is 47.5 Å². The van der Waals surface area contributed by atoms with Crippen molar-refractivity contribution in [1.82, 2.24) is 15.1 Å². The van der Waals surface area contributed by atoms with Crippen molar-refractivity contribution in [3.05, 3.63) is 101 Å². The highest BCUT2D eigenvalue weighted by atomic mass is 16.5. The molecule has 5 rings (SSSR count). The molecule has 0 bridgehead atoms. The molecule has 4 aromatic rings. The summed E-state index contributed by atoms with van der Waals surface area (Å²) in [5, 5.41) is 6.80. The van der Waals surface area contributed by atoms with E-state index in [1.54, 1.807) is 21.3 Å². The summed E-state index contributed by atoms with van der Waals surface area (Å²) in [5.41, 5.74) is 7.33. The van der Waals surface area contributed by atoms with Crippen LogP contribution in [0.25, 0.3) is 11.3 Å². The van der Waals surface area contributed by atoms with Crippen LogP contribution in [0.2, 0.25) is 0 Å². The van der Waals surface area contributed by atoms with Gasteiger partial charge in [-0.3, -0.25) is 9.48 Å². The first kappa shape index (κ1) is 30.4. The summed E-state index contributed by atoms with van der Waals surface area (Å²) in [6.45, 7) is 6.64. The van der Waals surface area contributed by atoms with Gasteiger partial charge in [0.1, 0.15) is 11.5 Å². The topological polar surface area (TPSA) is 74.6 Å². The average molecular weight is 544 g/mol. The summed E-state index contributed by atoms with van der Waals surface area (Å²) in [5.74, 6) is 2.45. The number of aryl methyl sites for hydroxylation is 2. The fraction of sp³-hybridized carbons (Fsp3) is 0.333. The number of hydrogen-bond acceptors (Lipinski definition) is 5. The Balaban J connectivity index is 0.000000282. The van der Waals surface area contributed by atoms with Crippen molar-refractivity contribution in [2.75, 3.05) is 34.5 Å². The van der Waals surface area contributed by atoms with Crippen molar-refractivity contribution in [1.29, 1.82) is 0 Å². The van der Waals surface area contributed by atoms with Crippen LogP contribution in [0.5, 0.6) is 11.5 Å². The normalized spacial score (nSPS) is 13.8. The number of aromatic nitrogens is 2. The Kier molecular flexibility index (Phi) is 12.3. The Morgan fingerprint density at radius 1 is 0.975 bits per heavy atom. The van der Waals surface area contributed by atoms with E-state index >= 15 is 0 Å². The van der Waals surface area contributed by atoms with Gasteiger partial charge in [-0.15, -0.1) is 0 Å². The number of carbonyl (C=O) groups is 1. The van der Waals surface area contributed by atoms with Gasteiger partial charge >= 0.3 is 0 Å². The molecule has 40 heavy (non-hydrogen) atoms. The molecular formula is C33H41N3O4. The van der Waals surface area contributed by atoms with Crippen LogP contribution >= 0.6 is 0 Å². The van der Waals surface area contributed by atoms with Crippen molar-refractivity contribution in [2.24, 2.45) is 5.92 Å². The van der Waals surface area contributed by atoms with Crippen LogP contribution in [0.15, 0.2) is 79.0 Å². The van der Waals surface area contributed by atoms with Crippen LogP contribution in [0.3, 0.4) is 0 Å². The number of nitrogens with zero attached hydrogens (tertiary/aromatic N) is 2. The highest BCUT2D eigenvalue weighted by Gasteiger charge is 2.19. The van der Waals surface area contributed by atoms with E-state index in [0.29, 0.717) is 12.3 Å². The molecule has 1 aliphatic rings. The fourth-order valence-electron chi connectivity index (χ4n) is 4.40. The molecule has 1 fully saturated rings. The Labute approximate surface area is 238 Å². The van der Waals surface area contributed by atoms with E-state index in [-0.39, 0.29) is 0 Å². The summed E-state index contributed by atoms with van der Waals surface area (Å²) in [6, 6.07) is 25.1. The molecule has 1 aliphatic heterocycles.